The number of likely N-dealkylation sites (N-methyl/N-ethyl adjacent to an activating group) is 1. The molecule has 3 saturated heterocycles. The van der Waals surface area contributed by atoms with Crippen molar-refractivity contribution in [1.82, 2.24) is 10.3 Å². The second-order valence-electron chi connectivity index (χ2n) is 18.6. The van der Waals surface area contributed by atoms with E-state index in [-0.39, 0.29) is 43.7 Å². The van der Waals surface area contributed by atoms with E-state index in [0.29, 0.717) is 12.1 Å². The summed E-state index contributed by atoms with van der Waals surface area (Å²) in [4.78, 5) is 30.5. The van der Waals surface area contributed by atoms with Gasteiger partial charge in [0.25, 0.3) is 0 Å². The molecule has 350 valence electrons. The van der Waals surface area contributed by atoms with Crippen LogP contribution in [0.1, 0.15) is 99.8 Å². The van der Waals surface area contributed by atoms with E-state index in [9.17, 15) is 30.0 Å². The third-order valence-corrected chi connectivity index (χ3v) is 14.4. The Morgan fingerprint density at radius 3 is 2.20 bits per heavy atom. The van der Waals surface area contributed by atoms with Crippen LogP contribution in [0.4, 0.5) is 0 Å². The van der Waals surface area contributed by atoms with E-state index in [1.807, 2.05) is 64.2 Å². The van der Waals surface area contributed by atoms with E-state index in [1.165, 1.54) is 25.4 Å². The zero-order chi connectivity index (χ0) is 45.8. The van der Waals surface area contributed by atoms with E-state index in [4.69, 9.17) is 33.2 Å². The standard InChI is InChI=1S/C44H75N3O13S/c1-15-31-44(10,53)37(50)25(4)34(46-45-32(48)20-29-17-16-18-61-29)23(2)21-43(9,55-14)39(60-41-35(49)30(47(11)12)19-24(3)56-41)26(5)36(27(6)40(52)58-31)59-33-22-42(8,54-13)38(51)28(7)57-33/h16-18,23-28,30-31,33,35-39,41,49-51,53H,15,19-22H2,1-14H3,(H,45,48)/b46-34+/t23-,24?,25+,26+,27-,28+,30?,31-,33+,35?,36+,37-,38+,39-,41?,42-,43-,44-/m1/s1. The molecule has 0 bridgehead atoms. The van der Waals surface area contributed by atoms with Crippen LogP contribution >= 0.6 is 11.3 Å². The minimum Gasteiger partial charge on any atom is -0.459 e. The van der Waals surface area contributed by atoms with Crippen molar-refractivity contribution >= 4 is 28.9 Å². The molecule has 18 atom stereocenters. The van der Waals surface area contributed by atoms with Gasteiger partial charge >= 0.3 is 5.97 Å². The maximum Gasteiger partial charge on any atom is 0.311 e. The maximum absolute atomic E-state index is 14.5. The Labute approximate surface area is 366 Å². The van der Waals surface area contributed by atoms with E-state index in [2.05, 4.69) is 10.5 Å². The molecular weight excluding hydrogens is 811 g/mol. The van der Waals surface area contributed by atoms with Gasteiger partial charge in [0.1, 0.15) is 23.9 Å². The van der Waals surface area contributed by atoms with Gasteiger partial charge in [0.2, 0.25) is 5.91 Å². The summed E-state index contributed by atoms with van der Waals surface area (Å²) in [5.41, 5.74) is -1.23. The number of ether oxygens (including phenoxy) is 7. The van der Waals surface area contributed by atoms with Gasteiger partial charge in [-0.25, -0.2) is 5.43 Å². The number of aliphatic hydroxyl groups excluding tert-OH is 3. The number of nitrogens with zero attached hydrogens (tertiary/aromatic N) is 2. The molecule has 16 nitrogen and oxygen atoms in total. The highest BCUT2D eigenvalue weighted by Gasteiger charge is 2.54. The van der Waals surface area contributed by atoms with Gasteiger partial charge in [0.05, 0.1) is 54.1 Å². The van der Waals surface area contributed by atoms with Crippen molar-refractivity contribution in [1.29, 1.82) is 0 Å². The molecule has 3 fully saturated rings. The van der Waals surface area contributed by atoms with Crippen molar-refractivity contribution in [2.75, 3.05) is 28.3 Å². The Kier molecular flexibility index (Phi) is 17.9. The summed E-state index contributed by atoms with van der Waals surface area (Å²) >= 11 is 1.45. The molecule has 1 aromatic rings. The molecule has 1 aromatic heterocycles. The molecule has 5 N–H and O–H groups in total. The van der Waals surface area contributed by atoms with Gasteiger partial charge in [-0.2, -0.15) is 5.10 Å². The van der Waals surface area contributed by atoms with E-state index >= 15 is 0 Å². The first kappa shape index (κ1) is 51.5. The number of rotatable bonds is 11. The van der Waals surface area contributed by atoms with E-state index in [1.54, 1.807) is 41.7 Å². The smallest absolute Gasteiger partial charge is 0.311 e. The van der Waals surface area contributed by atoms with Crippen molar-refractivity contribution < 1.29 is 63.2 Å². The Morgan fingerprint density at radius 2 is 1.62 bits per heavy atom. The molecule has 17 heteroatoms. The number of methoxy groups -OCH3 is 2. The quantitative estimate of drug-likeness (QED) is 0.159. The number of carbonyl (C=O) groups excluding carboxylic acids is 2. The fourth-order valence-electron chi connectivity index (χ4n) is 9.54. The zero-order valence-electron chi connectivity index (χ0n) is 38.7. The van der Waals surface area contributed by atoms with Crippen LogP contribution in [-0.2, 0) is 49.2 Å². The molecule has 4 heterocycles. The second-order valence-corrected chi connectivity index (χ2v) is 19.6. The largest absolute Gasteiger partial charge is 0.459 e. The highest BCUT2D eigenvalue weighted by molar-refractivity contribution is 7.10. The summed E-state index contributed by atoms with van der Waals surface area (Å²) in [6, 6.07) is 3.42. The predicted octanol–water partition coefficient (Wildman–Crippen LogP) is 3.65. The SMILES string of the molecule is CC[C@H]1OC(=O)[C@H](C)[C@@H](O[C@H]2C[C@@](C)(OC)[C@@H](O)[C@H](C)O2)[C@H](C)[C@@H](OC2OC(C)CC(N(C)C)C2O)[C@](C)(OC)C[C@@H](C)/C(=N\NC(=O)Cc2cccs2)[C@H](C)[C@@H](O)[C@]1(C)O. The summed E-state index contributed by atoms with van der Waals surface area (Å²) < 4.78 is 44.7. The van der Waals surface area contributed by atoms with Gasteiger partial charge in [-0.1, -0.05) is 33.8 Å². The van der Waals surface area contributed by atoms with Crippen LogP contribution in [0.3, 0.4) is 0 Å². The number of cyclic esters (lactones) is 1. The first-order valence-electron chi connectivity index (χ1n) is 21.7. The van der Waals surface area contributed by atoms with Crippen LogP contribution in [-0.4, -0.2) is 155 Å². The van der Waals surface area contributed by atoms with E-state index < -0.39 is 102 Å². The summed E-state index contributed by atoms with van der Waals surface area (Å²) in [6.45, 7) is 17.6. The highest BCUT2D eigenvalue weighted by Crippen LogP contribution is 2.42. The molecule has 3 aliphatic heterocycles. The number of hydrazone groups is 1. The summed E-state index contributed by atoms with van der Waals surface area (Å²) in [5, 5.41) is 53.5. The molecule has 1 amide bonds. The molecule has 0 saturated carbocycles. The molecular formula is C44H75N3O13S. The number of hydrogen-bond donors (Lipinski definition) is 5. The minimum absolute atomic E-state index is 0.0934. The van der Waals surface area contributed by atoms with Crippen LogP contribution in [0, 0.1) is 23.7 Å². The third kappa shape index (κ3) is 11.8. The lowest BCUT2D eigenvalue weighted by Gasteiger charge is -2.50. The number of nitrogens with one attached hydrogen (secondary N) is 1. The van der Waals surface area contributed by atoms with Gasteiger partial charge < -0.3 is 58.5 Å². The van der Waals surface area contributed by atoms with Gasteiger partial charge in [0, 0.05) is 49.1 Å². The summed E-state index contributed by atoms with van der Waals surface area (Å²) in [5.74, 6) is -4.24. The fraction of sp³-hybridized carbons (Fsp3) is 0.841. The van der Waals surface area contributed by atoms with Crippen molar-refractivity contribution in [2.45, 2.75) is 186 Å². The Balaban J connectivity index is 1.90. The molecule has 3 aliphatic rings. The molecule has 0 radical (unpaired) electrons. The lowest BCUT2D eigenvalue weighted by atomic mass is 9.73. The van der Waals surface area contributed by atoms with Crippen molar-refractivity contribution in [3.8, 4) is 0 Å². The number of hydrogen-bond acceptors (Lipinski definition) is 16. The monoisotopic (exact) mass is 886 g/mol. The maximum atomic E-state index is 14.5. The molecule has 4 unspecified atom stereocenters. The van der Waals surface area contributed by atoms with Crippen LogP contribution in [0.25, 0.3) is 0 Å². The van der Waals surface area contributed by atoms with Gasteiger partial charge in [-0.15, -0.1) is 11.3 Å². The van der Waals surface area contributed by atoms with Gasteiger partial charge in [-0.05, 0) is 92.3 Å². The summed E-state index contributed by atoms with van der Waals surface area (Å²) in [6.07, 6.45) is -8.70. The first-order valence-corrected chi connectivity index (χ1v) is 22.6. The van der Waals surface area contributed by atoms with Crippen molar-refractivity contribution in [3.63, 3.8) is 0 Å². The average Bonchev–Trinajstić information content (AvgIpc) is 3.72. The summed E-state index contributed by atoms with van der Waals surface area (Å²) in [7, 11) is 6.82. The number of esters is 1. The van der Waals surface area contributed by atoms with Gasteiger partial charge in [-0.3, -0.25) is 9.59 Å². The van der Waals surface area contributed by atoms with Crippen LogP contribution in [0.2, 0.25) is 0 Å². The zero-order valence-corrected chi connectivity index (χ0v) is 39.5. The number of carbonyl (C=O) groups is 2. The van der Waals surface area contributed by atoms with Crippen LogP contribution < -0.4 is 5.43 Å². The number of thiophene rings is 1. The number of amides is 1. The number of aliphatic hydroxyl groups is 4. The van der Waals surface area contributed by atoms with Crippen molar-refractivity contribution in [2.24, 2.45) is 28.8 Å². The Hall–Kier alpha value is -2.13. The lowest BCUT2D eigenvalue weighted by Crippen LogP contribution is -2.61. The predicted molar refractivity (Wildman–Crippen MR) is 230 cm³/mol. The van der Waals surface area contributed by atoms with E-state index in [0.717, 1.165) is 4.88 Å². The van der Waals surface area contributed by atoms with Crippen LogP contribution in [0.5, 0.6) is 0 Å². The molecule has 61 heavy (non-hydrogen) atoms. The topological polar surface area (TPSA) is 207 Å². The Bertz CT molecular complexity index is 1600. The lowest BCUT2D eigenvalue weighted by molar-refractivity contribution is -0.319. The third-order valence-electron chi connectivity index (χ3n) is 13.5. The molecule has 0 spiro atoms. The normalized spacial score (nSPS) is 44.1. The highest BCUT2D eigenvalue weighted by atomic mass is 32.1. The fourth-order valence-corrected chi connectivity index (χ4v) is 10.2. The average molecular weight is 886 g/mol. The van der Waals surface area contributed by atoms with Crippen LogP contribution in [0.15, 0.2) is 22.6 Å². The van der Waals surface area contributed by atoms with Crippen molar-refractivity contribution in [3.05, 3.63) is 22.4 Å². The Morgan fingerprint density at radius 1 is 0.967 bits per heavy atom. The molecule has 0 aliphatic carbocycles. The molecule has 4 rings (SSSR count). The van der Waals surface area contributed by atoms with Gasteiger partial charge in [0.15, 0.2) is 12.6 Å². The minimum atomic E-state index is -1.97. The first-order chi connectivity index (χ1) is 28.4. The second kappa shape index (κ2) is 21.2. The molecule has 0 aromatic carbocycles.